The van der Waals surface area contributed by atoms with Crippen LogP contribution in [0, 0.1) is 0 Å². The number of carboxylic acid groups (broad SMARTS) is 1. The van der Waals surface area contributed by atoms with E-state index in [2.05, 4.69) is 10.2 Å². The molecule has 0 amide bonds. The average molecular weight is 326 g/mol. The maximum absolute atomic E-state index is 10.7. The largest absolute Gasteiger partial charge is 0.481 e. The van der Waals surface area contributed by atoms with Crippen LogP contribution in [0.2, 0.25) is 5.02 Å². The van der Waals surface area contributed by atoms with Crippen LogP contribution >= 0.6 is 23.4 Å². The number of carboxylic acids is 1. The zero-order valence-electron chi connectivity index (χ0n) is 11.8. The smallest absolute Gasteiger partial charge is 0.313 e. The molecule has 1 N–H and O–H groups in total. The van der Waals surface area contributed by atoms with Crippen LogP contribution < -0.4 is 0 Å². The molecule has 0 radical (unpaired) electrons. The lowest BCUT2D eigenvalue weighted by Gasteiger charge is -2.18. The van der Waals surface area contributed by atoms with Crippen molar-refractivity contribution in [2.75, 3.05) is 5.75 Å². The van der Waals surface area contributed by atoms with Gasteiger partial charge in [-0.1, -0.05) is 42.4 Å². The summed E-state index contributed by atoms with van der Waals surface area (Å²) < 4.78 is 1.98. The fourth-order valence-electron chi connectivity index (χ4n) is 2.05. The van der Waals surface area contributed by atoms with Crippen LogP contribution in [0.25, 0.3) is 0 Å². The third-order valence-electron chi connectivity index (χ3n) is 3.12. The number of hydrogen-bond acceptors (Lipinski definition) is 4. The fraction of sp³-hybridized carbons (Fsp3) is 0.357. The number of hydrogen-bond donors (Lipinski definition) is 1. The van der Waals surface area contributed by atoms with Gasteiger partial charge < -0.3 is 5.11 Å². The minimum Gasteiger partial charge on any atom is -0.481 e. The Morgan fingerprint density at radius 3 is 2.62 bits per heavy atom. The van der Waals surface area contributed by atoms with E-state index in [0.717, 1.165) is 17.8 Å². The Hall–Kier alpha value is -1.53. The van der Waals surface area contributed by atoms with Crippen molar-refractivity contribution in [3.05, 3.63) is 40.7 Å². The number of aromatic nitrogens is 3. The highest BCUT2D eigenvalue weighted by molar-refractivity contribution is 7.99. The summed E-state index contributed by atoms with van der Waals surface area (Å²) in [6.45, 7) is 4.04. The normalized spacial score (nSPS) is 12.3. The summed E-state index contributed by atoms with van der Waals surface area (Å²) in [5.74, 6) is -0.0630. The van der Waals surface area contributed by atoms with Crippen molar-refractivity contribution in [3.8, 4) is 0 Å². The molecule has 2 aromatic rings. The van der Waals surface area contributed by atoms with Crippen LogP contribution in [0.4, 0.5) is 0 Å². The van der Waals surface area contributed by atoms with Gasteiger partial charge in [-0.15, -0.1) is 10.2 Å². The van der Waals surface area contributed by atoms with Gasteiger partial charge in [0.05, 0.1) is 11.8 Å². The van der Waals surface area contributed by atoms with Crippen molar-refractivity contribution in [1.29, 1.82) is 0 Å². The highest BCUT2D eigenvalue weighted by Gasteiger charge is 2.19. The number of aliphatic carboxylic acids is 1. The number of thioether (sulfide) groups is 1. The number of carbonyl (C=O) groups is 1. The van der Waals surface area contributed by atoms with E-state index in [1.54, 1.807) is 0 Å². The topological polar surface area (TPSA) is 68.0 Å². The van der Waals surface area contributed by atoms with Crippen LogP contribution in [0.5, 0.6) is 0 Å². The molecular weight excluding hydrogens is 310 g/mol. The van der Waals surface area contributed by atoms with Gasteiger partial charge in [-0.2, -0.15) is 0 Å². The van der Waals surface area contributed by atoms with Crippen LogP contribution in [-0.4, -0.2) is 31.6 Å². The Labute approximate surface area is 132 Å². The Bertz CT molecular complexity index is 628. The molecule has 0 aliphatic heterocycles. The van der Waals surface area contributed by atoms with Gasteiger partial charge in [-0.05, 0) is 24.6 Å². The molecule has 1 unspecified atom stereocenters. The predicted octanol–water partition coefficient (Wildman–Crippen LogP) is 3.28. The maximum atomic E-state index is 10.7. The van der Waals surface area contributed by atoms with Crippen molar-refractivity contribution in [3.63, 3.8) is 0 Å². The average Bonchev–Trinajstić information content (AvgIpc) is 2.88. The highest BCUT2D eigenvalue weighted by Crippen LogP contribution is 2.27. The lowest BCUT2D eigenvalue weighted by atomic mass is 10.1. The van der Waals surface area contributed by atoms with E-state index in [9.17, 15) is 4.79 Å². The van der Waals surface area contributed by atoms with E-state index in [4.69, 9.17) is 16.7 Å². The Morgan fingerprint density at radius 2 is 2.05 bits per heavy atom. The molecule has 1 aromatic heterocycles. The molecule has 0 saturated heterocycles. The summed E-state index contributed by atoms with van der Waals surface area (Å²) in [7, 11) is 0. The summed E-state index contributed by atoms with van der Waals surface area (Å²) in [6.07, 6.45) is 0.735. The first kappa shape index (κ1) is 15.9. The highest BCUT2D eigenvalue weighted by atomic mass is 35.5. The summed E-state index contributed by atoms with van der Waals surface area (Å²) >= 11 is 7.10. The second-order valence-corrected chi connectivity index (χ2v) is 5.91. The third kappa shape index (κ3) is 3.77. The molecule has 5 nitrogen and oxygen atoms in total. The van der Waals surface area contributed by atoms with E-state index >= 15 is 0 Å². The van der Waals surface area contributed by atoms with Gasteiger partial charge >= 0.3 is 5.97 Å². The number of nitrogens with zero attached hydrogens (tertiary/aromatic N) is 3. The predicted molar refractivity (Wildman–Crippen MR) is 83.0 cm³/mol. The van der Waals surface area contributed by atoms with Gasteiger partial charge in [-0.25, -0.2) is 0 Å². The van der Waals surface area contributed by atoms with Crippen LogP contribution in [-0.2, 0) is 11.2 Å². The molecule has 0 fully saturated rings. The molecule has 1 aromatic carbocycles. The lowest BCUT2D eigenvalue weighted by molar-refractivity contribution is -0.133. The molecule has 1 heterocycles. The second-order valence-electron chi connectivity index (χ2n) is 4.53. The van der Waals surface area contributed by atoms with Gasteiger partial charge in [-0.3, -0.25) is 9.36 Å². The van der Waals surface area contributed by atoms with E-state index in [-0.39, 0.29) is 11.8 Å². The summed E-state index contributed by atoms with van der Waals surface area (Å²) in [5.41, 5.74) is 1.08. The van der Waals surface area contributed by atoms with E-state index in [1.807, 2.05) is 42.7 Å². The van der Waals surface area contributed by atoms with Crippen LogP contribution in [0.1, 0.15) is 31.3 Å². The first-order valence-corrected chi connectivity index (χ1v) is 7.93. The third-order valence-corrected chi connectivity index (χ3v) is 4.30. The Balaban J connectivity index is 2.33. The summed E-state index contributed by atoms with van der Waals surface area (Å²) in [4.78, 5) is 10.7. The van der Waals surface area contributed by atoms with Crippen molar-refractivity contribution in [1.82, 2.24) is 14.8 Å². The minimum absolute atomic E-state index is 0.0171. The van der Waals surface area contributed by atoms with Gasteiger partial charge in [0.1, 0.15) is 5.82 Å². The molecule has 21 heavy (non-hydrogen) atoms. The molecule has 2 rings (SSSR count). The second kappa shape index (κ2) is 6.95. The van der Waals surface area contributed by atoms with E-state index < -0.39 is 5.97 Å². The van der Waals surface area contributed by atoms with Gasteiger partial charge in [0, 0.05) is 11.4 Å². The minimum atomic E-state index is -0.869. The molecule has 0 spiro atoms. The first-order chi connectivity index (χ1) is 10.0. The Kier molecular flexibility index (Phi) is 5.25. The van der Waals surface area contributed by atoms with Crippen molar-refractivity contribution in [2.45, 2.75) is 31.5 Å². The lowest BCUT2D eigenvalue weighted by Crippen LogP contribution is -2.12. The molecule has 0 aliphatic rings. The van der Waals surface area contributed by atoms with Crippen molar-refractivity contribution < 1.29 is 9.90 Å². The SMILES string of the molecule is CCc1nnc(SCC(=O)O)n1C(C)c1ccc(Cl)cc1. The number of aryl methyl sites for hydroxylation is 1. The summed E-state index contributed by atoms with van der Waals surface area (Å²) in [6, 6.07) is 7.61. The van der Waals surface area contributed by atoms with Gasteiger partial charge in [0.25, 0.3) is 0 Å². The zero-order valence-corrected chi connectivity index (χ0v) is 13.4. The Morgan fingerprint density at radius 1 is 1.38 bits per heavy atom. The quantitative estimate of drug-likeness (QED) is 0.825. The maximum Gasteiger partial charge on any atom is 0.313 e. The van der Waals surface area contributed by atoms with Gasteiger partial charge in [0.2, 0.25) is 0 Å². The molecule has 0 bridgehead atoms. The monoisotopic (exact) mass is 325 g/mol. The molecule has 1 atom stereocenters. The fourth-order valence-corrected chi connectivity index (χ4v) is 2.93. The number of rotatable bonds is 6. The van der Waals surface area contributed by atoms with Crippen LogP contribution in [0.15, 0.2) is 29.4 Å². The molecular formula is C14H16ClN3O2S. The van der Waals surface area contributed by atoms with Crippen molar-refractivity contribution in [2.24, 2.45) is 0 Å². The summed E-state index contributed by atoms with van der Waals surface area (Å²) in [5, 5.41) is 18.4. The van der Waals surface area contributed by atoms with E-state index in [0.29, 0.717) is 10.2 Å². The molecule has 7 heteroatoms. The number of halogens is 1. The van der Waals surface area contributed by atoms with Crippen LogP contribution in [0.3, 0.4) is 0 Å². The first-order valence-electron chi connectivity index (χ1n) is 6.56. The molecule has 112 valence electrons. The zero-order chi connectivity index (χ0) is 15.4. The standard InChI is InChI=1S/C14H16ClN3O2S/c1-3-12-16-17-14(21-8-13(19)20)18(12)9(2)10-4-6-11(15)7-5-10/h4-7,9H,3,8H2,1-2H3,(H,19,20). The van der Waals surface area contributed by atoms with Crippen molar-refractivity contribution >= 4 is 29.3 Å². The van der Waals surface area contributed by atoms with E-state index in [1.165, 1.54) is 11.8 Å². The molecule has 0 aliphatic carbocycles. The van der Waals surface area contributed by atoms with Gasteiger partial charge in [0.15, 0.2) is 5.16 Å². The molecule has 0 saturated carbocycles. The number of benzene rings is 1.